The molecule has 0 aromatic carbocycles. The molecule has 0 spiro atoms. The first kappa shape index (κ1) is 11.0. The predicted molar refractivity (Wildman–Crippen MR) is 71.9 cm³/mol. The minimum Gasteiger partial charge on any atom is -0.132 e. The Labute approximate surface area is 104 Å². The Balaban J connectivity index is 2.08. The van der Waals surface area contributed by atoms with Gasteiger partial charge in [-0.05, 0) is 61.8 Å². The van der Waals surface area contributed by atoms with Gasteiger partial charge in [0.1, 0.15) is 0 Å². The Bertz CT molecular complexity index is 550. The van der Waals surface area contributed by atoms with Crippen molar-refractivity contribution in [1.82, 2.24) is 0 Å². The first-order chi connectivity index (χ1) is 7.74. The summed E-state index contributed by atoms with van der Waals surface area (Å²) in [4.78, 5) is 4.72. The van der Waals surface area contributed by atoms with Crippen LogP contribution >= 0.6 is 22.7 Å². The van der Waals surface area contributed by atoms with Crippen LogP contribution in [-0.2, 0) is 0 Å². The van der Waals surface area contributed by atoms with Crippen molar-refractivity contribution in [2.75, 3.05) is 0 Å². The highest BCUT2D eigenvalue weighted by molar-refractivity contribution is 7.12. The van der Waals surface area contributed by atoms with Gasteiger partial charge in [-0.2, -0.15) is 0 Å². The Morgan fingerprint density at radius 3 is 1.50 bits per heavy atom. The molecule has 16 heavy (non-hydrogen) atoms. The lowest BCUT2D eigenvalue weighted by atomic mass is 10.4. The number of aryl methyl sites for hydroxylation is 2. The summed E-state index contributed by atoms with van der Waals surface area (Å²) < 4.78 is 0. The zero-order valence-corrected chi connectivity index (χ0v) is 10.8. The molecule has 2 aromatic heterocycles. The van der Waals surface area contributed by atoms with Gasteiger partial charge in [0.2, 0.25) is 0 Å². The molecule has 0 saturated heterocycles. The van der Waals surface area contributed by atoms with Gasteiger partial charge in [0, 0.05) is 9.75 Å². The van der Waals surface area contributed by atoms with Gasteiger partial charge in [0.05, 0.1) is 9.75 Å². The monoisotopic (exact) mass is 242 g/mol. The number of thiophene rings is 2. The van der Waals surface area contributed by atoms with Gasteiger partial charge >= 0.3 is 0 Å². The van der Waals surface area contributed by atoms with Crippen molar-refractivity contribution in [1.29, 1.82) is 0 Å². The summed E-state index contributed by atoms with van der Waals surface area (Å²) in [5, 5.41) is 0. The van der Waals surface area contributed by atoms with E-state index in [9.17, 15) is 0 Å². The Hall–Kier alpha value is -1.48. The maximum atomic E-state index is 3.04. The van der Waals surface area contributed by atoms with Crippen molar-refractivity contribution in [3.8, 4) is 23.7 Å². The van der Waals surface area contributed by atoms with Crippen LogP contribution in [0.25, 0.3) is 0 Å². The molecular formula is C14H10S2. The Kier molecular flexibility index (Phi) is 3.47. The molecule has 0 bridgehead atoms. The summed E-state index contributed by atoms with van der Waals surface area (Å²) >= 11 is 3.40. The van der Waals surface area contributed by atoms with Crippen LogP contribution in [0.1, 0.15) is 19.5 Å². The van der Waals surface area contributed by atoms with Gasteiger partial charge in [-0.1, -0.05) is 0 Å². The standard InChI is InChI=1S/C14H10S2/c1-11-7-9-13(15-11)5-3-4-6-14-10-8-12(2)16-14/h7-10H,1-2H3. The van der Waals surface area contributed by atoms with Crippen LogP contribution in [0.15, 0.2) is 24.3 Å². The van der Waals surface area contributed by atoms with Crippen LogP contribution in [0.4, 0.5) is 0 Å². The molecule has 0 fully saturated rings. The van der Waals surface area contributed by atoms with Crippen LogP contribution < -0.4 is 0 Å². The van der Waals surface area contributed by atoms with E-state index in [-0.39, 0.29) is 0 Å². The van der Waals surface area contributed by atoms with Crippen LogP contribution in [0, 0.1) is 37.5 Å². The van der Waals surface area contributed by atoms with E-state index < -0.39 is 0 Å². The molecule has 2 heteroatoms. The highest BCUT2D eigenvalue weighted by Gasteiger charge is 1.90. The number of hydrogen-bond acceptors (Lipinski definition) is 2. The predicted octanol–water partition coefficient (Wildman–Crippen LogP) is 3.83. The van der Waals surface area contributed by atoms with E-state index in [1.165, 1.54) is 9.75 Å². The van der Waals surface area contributed by atoms with Crippen molar-refractivity contribution < 1.29 is 0 Å². The summed E-state index contributed by atoms with van der Waals surface area (Å²) in [6, 6.07) is 8.21. The van der Waals surface area contributed by atoms with Crippen LogP contribution in [0.2, 0.25) is 0 Å². The van der Waals surface area contributed by atoms with Crippen molar-refractivity contribution in [3.05, 3.63) is 43.8 Å². The zero-order chi connectivity index (χ0) is 11.4. The SMILES string of the molecule is Cc1ccc(C#CC#Cc2ccc(C)s2)s1. The van der Waals surface area contributed by atoms with E-state index in [0.29, 0.717) is 0 Å². The average molecular weight is 242 g/mol. The highest BCUT2D eigenvalue weighted by atomic mass is 32.1. The van der Waals surface area contributed by atoms with Gasteiger partial charge in [0.25, 0.3) is 0 Å². The van der Waals surface area contributed by atoms with Crippen molar-refractivity contribution >= 4 is 22.7 Å². The first-order valence-corrected chi connectivity index (χ1v) is 6.52. The van der Waals surface area contributed by atoms with Crippen molar-refractivity contribution in [3.63, 3.8) is 0 Å². The first-order valence-electron chi connectivity index (χ1n) is 4.89. The largest absolute Gasteiger partial charge is 0.132 e. The van der Waals surface area contributed by atoms with Crippen molar-refractivity contribution in [2.45, 2.75) is 13.8 Å². The molecular weight excluding hydrogens is 232 g/mol. The molecule has 78 valence electrons. The molecule has 0 unspecified atom stereocenters. The number of rotatable bonds is 0. The van der Waals surface area contributed by atoms with E-state index >= 15 is 0 Å². The molecule has 2 aromatic rings. The molecule has 0 amide bonds. The fourth-order valence-electron chi connectivity index (χ4n) is 1.19. The van der Waals surface area contributed by atoms with Crippen LogP contribution in [0.5, 0.6) is 0 Å². The lowest BCUT2D eigenvalue weighted by molar-refractivity contribution is 1.64. The molecule has 0 atom stereocenters. The lowest BCUT2D eigenvalue weighted by Gasteiger charge is -1.75. The topological polar surface area (TPSA) is 0 Å². The third kappa shape index (κ3) is 3.00. The maximum Gasteiger partial charge on any atom is 0.0781 e. The molecule has 0 aliphatic heterocycles. The summed E-state index contributed by atoms with van der Waals surface area (Å²) in [6.45, 7) is 4.16. The summed E-state index contributed by atoms with van der Waals surface area (Å²) in [7, 11) is 0. The summed E-state index contributed by atoms with van der Waals surface area (Å²) in [5.41, 5.74) is 0. The van der Waals surface area contributed by atoms with Crippen molar-refractivity contribution in [2.24, 2.45) is 0 Å². The molecule has 0 saturated carbocycles. The normalized spacial score (nSPS) is 8.88. The van der Waals surface area contributed by atoms with Gasteiger partial charge in [0.15, 0.2) is 0 Å². The number of hydrogen-bond donors (Lipinski definition) is 0. The minimum atomic E-state index is 1.08. The Morgan fingerprint density at radius 1 is 0.750 bits per heavy atom. The third-order valence-electron chi connectivity index (χ3n) is 1.91. The van der Waals surface area contributed by atoms with Gasteiger partial charge in [-0.25, -0.2) is 0 Å². The lowest BCUT2D eigenvalue weighted by Crippen LogP contribution is -1.60. The second-order valence-electron chi connectivity index (χ2n) is 3.32. The second kappa shape index (κ2) is 5.03. The summed E-state index contributed by atoms with van der Waals surface area (Å²) in [5.74, 6) is 11.8. The van der Waals surface area contributed by atoms with E-state index in [1.807, 2.05) is 12.1 Å². The molecule has 2 rings (SSSR count). The quantitative estimate of drug-likeness (QED) is 0.616. The molecule has 2 heterocycles. The van der Waals surface area contributed by atoms with E-state index in [2.05, 4.69) is 49.7 Å². The summed E-state index contributed by atoms with van der Waals surface area (Å²) in [6.07, 6.45) is 0. The molecule has 0 nitrogen and oxygen atoms in total. The molecule has 0 N–H and O–H groups in total. The second-order valence-corrected chi connectivity index (χ2v) is 5.90. The third-order valence-corrected chi connectivity index (χ3v) is 3.75. The van der Waals surface area contributed by atoms with Crippen LogP contribution in [0.3, 0.4) is 0 Å². The fourth-order valence-corrected chi connectivity index (χ4v) is 2.63. The van der Waals surface area contributed by atoms with E-state index in [1.54, 1.807) is 22.7 Å². The van der Waals surface area contributed by atoms with Gasteiger partial charge in [-0.15, -0.1) is 22.7 Å². The minimum absolute atomic E-state index is 1.08. The highest BCUT2D eigenvalue weighted by Crippen LogP contribution is 2.14. The van der Waals surface area contributed by atoms with E-state index in [4.69, 9.17) is 0 Å². The smallest absolute Gasteiger partial charge is 0.0781 e. The van der Waals surface area contributed by atoms with E-state index in [0.717, 1.165) is 9.75 Å². The molecule has 0 aliphatic rings. The molecule has 0 aliphatic carbocycles. The Morgan fingerprint density at radius 2 is 1.19 bits per heavy atom. The average Bonchev–Trinajstić information content (AvgIpc) is 2.83. The van der Waals surface area contributed by atoms with Gasteiger partial charge in [-0.3, -0.25) is 0 Å². The van der Waals surface area contributed by atoms with Gasteiger partial charge < -0.3 is 0 Å². The fraction of sp³-hybridized carbons (Fsp3) is 0.143. The molecule has 0 radical (unpaired) electrons. The maximum absolute atomic E-state index is 3.04. The zero-order valence-electron chi connectivity index (χ0n) is 9.13. The van der Waals surface area contributed by atoms with Crippen LogP contribution in [-0.4, -0.2) is 0 Å².